The molecular formula is C15H17N5O3. The van der Waals surface area contributed by atoms with Crippen LogP contribution in [0.1, 0.15) is 12.5 Å². The first kappa shape index (κ1) is 16.2. The van der Waals surface area contributed by atoms with E-state index in [0.29, 0.717) is 5.75 Å². The minimum atomic E-state index is -0.521. The van der Waals surface area contributed by atoms with Crippen LogP contribution in [-0.2, 0) is 16.2 Å². The number of carbonyl (C=O) groups excluding carboxylic acids is 1. The zero-order valence-electron chi connectivity index (χ0n) is 12.8. The first-order valence-electron chi connectivity index (χ1n) is 6.79. The van der Waals surface area contributed by atoms with Crippen molar-refractivity contribution >= 4 is 17.9 Å². The van der Waals surface area contributed by atoms with Crippen LogP contribution in [-0.4, -0.2) is 34.1 Å². The van der Waals surface area contributed by atoms with Crippen LogP contribution in [0.5, 0.6) is 5.75 Å². The van der Waals surface area contributed by atoms with Gasteiger partial charge in [0.15, 0.2) is 0 Å². The third kappa shape index (κ3) is 4.67. The molecule has 0 unspecified atom stereocenters. The van der Waals surface area contributed by atoms with Gasteiger partial charge in [-0.15, -0.1) is 0 Å². The standard InChI is InChI=1S/C15H17N5O3/c1-11(21)23-20(10-12-6-3-4-7-13(12)22-2)14(16)19-15-17-8-5-9-18-15/h3-9H,10H2,1-2H3,(H2,16,17,18,19). The van der Waals surface area contributed by atoms with Gasteiger partial charge in [0, 0.05) is 24.9 Å². The second-order valence-electron chi connectivity index (χ2n) is 4.45. The van der Waals surface area contributed by atoms with Crippen molar-refractivity contribution in [3.63, 3.8) is 0 Å². The second kappa shape index (κ2) is 7.74. The van der Waals surface area contributed by atoms with E-state index in [4.69, 9.17) is 15.3 Å². The summed E-state index contributed by atoms with van der Waals surface area (Å²) in [5, 5.41) is 1.16. The summed E-state index contributed by atoms with van der Waals surface area (Å²) in [4.78, 5) is 28.4. The number of guanidine groups is 1. The van der Waals surface area contributed by atoms with Gasteiger partial charge in [-0.1, -0.05) is 18.2 Å². The van der Waals surface area contributed by atoms with Gasteiger partial charge in [0.05, 0.1) is 13.7 Å². The highest BCUT2D eigenvalue weighted by atomic mass is 16.7. The number of benzene rings is 1. The molecule has 0 amide bonds. The largest absolute Gasteiger partial charge is 0.496 e. The van der Waals surface area contributed by atoms with Gasteiger partial charge in [-0.25, -0.2) is 9.97 Å². The quantitative estimate of drug-likeness (QED) is 0.517. The second-order valence-corrected chi connectivity index (χ2v) is 4.45. The summed E-state index contributed by atoms with van der Waals surface area (Å²) in [5.74, 6) is 0.250. The molecule has 0 spiro atoms. The predicted molar refractivity (Wildman–Crippen MR) is 83.6 cm³/mol. The summed E-state index contributed by atoms with van der Waals surface area (Å²) in [7, 11) is 1.56. The van der Waals surface area contributed by atoms with E-state index in [1.54, 1.807) is 19.2 Å². The molecule has 0 fully saturated rings. The van der Waals surface area contributed by atoms with E-state index in [9.17, 15) is 4.79 Å². The summed E-state index contributed by atoms with van der Waals surface area (Å²) in [6.45, 7) is 1.45. The van der Waals surface area contributed by atoms with Gasteiger partial charge in [-0.05, 0) is 12.1 Å². The molecule has 120 valence electrons. The molecule has 0 bridgehead atoms. The molecule has 1 aromatic heterocycles. The number of hydrogen-bond acceptors (Lipinski definition) is 6. The molecule has 0 saturated carbocycles. The van der Waals surface area contributed by atoms with Crippen LogP contribution in [0.3, 0.4) is 0 Å². The molecule has 0 aliphatic rings. The fourth-order valence-electron chi connectivity index (χ4n) is 1.81. The molecule has 1 heterocycles. The monoisotopic (exact) mass is 315 g/mol. The molecular weight excluding hydrogens is 298 g/mol. The van der Waals surface area contributed by atoms with Crippen LogP contribution in [0.25, 0.3) is 0 Å². The Bertz CT molecular complexity index is 691. The van der Waals surface area contributed by atoms with Crippen LogP contribution in [0.2, 0.25) is 0 Å². The summed E-state index contributed by atoms with van der Waals surface area (Å²) in [6, 6.07) is 8.98. The van der Waals surface area contributed by atoms with E-state index >= 15 is 0 Å². The average Bonchev–Trinajstić information content (AvgIpc) is 2.55. The first-order valence-corrected chi connectivity index (χ1v) is 6.79. The van der Waals surface area contributed by atoms with Gasteiger partial charge >= 0.3 is 5.97 Å². The highest BCUT2D eigenvalue weighted by Crippen LogP contribution is 2.19. The molecule has 0 saturated heterocycles. The Morgan fingerprint density at radius 2 is 1.96 bits per heavy atom. The molecule has 0 aliphatic heterocycles. The van der Waals surface area contributed by atoms with Crippen LogP contribution in [0.15, 0.2) is 47.7 Å². The zero-order chi connectivity index (χ0) is 16.7. The number of para-hydroxylation sites is 1. The summed E-state index contributed by atoms with van der Waals surface area (Å²) in [5.41, 5.74) is 6.70. The van der Waals surface area contributed by atoms with Crippen molar-refractivity contribution in [2.75, 3.05) is 7.11 Å². The number of hydroxylamine groups is 2. The lowest BCUT2D eigenvalue weighted by Gasteiger charge is -2.22. The van der Waals surface area contributed by atoms with Crippen molar-refractivity contribution < 1.29 is 14.4 Å². The Labute approximate surface area is 133 Å². The Kier molecular flexibility index (Phi) is 5.45. The molecule has 8 nitrogen and oxygen atoms in total. The highest BCUT2D eigenvalue weighted by molar-refractivity contribution is 5.80. The lowest BCUT2D eigenvalue weighted by Crippen LogP contribution is -2.38. The predicted octanol–water partition coefficient (Wildman–Crippen LogP) is 1.41. The fraction of sp³-hybridized carbons (Fsp3) is 0.200. The number of aromatic nitrogens is 2. The van der Waals surface area contributed by atoms with E-state index in [0.717, 1.165) is 10.6 Å². The molecule has 23 heavy (non-hydrogen) atoms. The van der Waals surface area contributed by atoms with E-state index in [1.165, 1.54) is 19.3 Å². The normalized spacial score (nSPS) is 11.0. The number of aliphatic imine (C=N–C) groups is 1. The maximum atomic E-state index is 11.3. The highest BCUT2D eigenvalue weighted by Gasteiger charge is 2.16. The number of rotatable bonds is 4. The molecule has 2 rings (SSSR count). The number of nitrogens with two attached hydrogens (primary N) is 1. The van der Waals surface area contributed by atoms with Gasteiger partial charge in [-0.3, -0.25) is 4.79 Å². The molecule has 8 heteroatoms. The van der Waals surface area contributed by atoms with Gasteiger partial charge in [0.1, 0.15) is 5.75 Å². The third-order valence-electron chi connectivity index (χ3n) is 2.77. The van der Waals surface area contributed by atoms with Gasteiger partial charge in [0.25, 0.3) is 5.95 Å². The zero-order valence-corrected chi connectivity index (χ0v) is 12.8. The fourth-order valence-corrected chi connectivity index (χ4v) is 1.81. The maximum Gasteiger partial charge on any atom is 0.329 e. The Balaban J connectivity index is 2.26. The van der Waals surface area contributed by atoms with Gasteiger partial charge in [0.2, 0.25) is 5.96 Å². The van der Waals surface area contributed by atoms with Crippen LogP contribution in [0.4, 0.5) is 5.95 Å². The number of nitrogens with zero attached hydrogens (tertiary/aromatic N) is 4. The van der Waals surface area contributed by atoms with E-state index in [2.05, 4.69) is 15.0 Å². The summed E-state index contributed by atoms with van der Waals surface area (Å²) in [6.07, 6.45) is 3.07. The van der Waals surface area contributed by atoms with Crippen molar-refractivity contribution in [1.29, 1.82) is 0 Å². The first-order chi connectivity index (χ1) is 11.1. The van der Waals surface area contributed by atoms with E-state index in [-0.39, 0.29) is 18.5 Å². The van der Waals surface area contributed by atoms with Gasteiger partial charge < -0.3 is 15.3 Å². The Morgan fingerprint density at radius 3 is 2.61 bits per heavy atom. The molecule has 2 aromatic rings. The molecule has 0 radical (unpaired) electrons. The smallest absolute Gasteiger partial charge is 0.329 e. The Hall–Kier alpha value is -3.16. The molecule has 1 aromatic carbocycles. The van der Waals surface area contributed by atoms with Crippen molar-refractivity contribution in [2.24, 2.45) is 10.7 Å². The molecule has 2 N–H and O–H groups in total. The number of ether oxygens (including phenoxy) is 1. The lowest BCUT2D eigenvalue weighted by molar-refractivity contribution is -0.172. The average molecular weight is 315 g/mol. The molecule has 0 atom stereocenters. The number of carbonyl (C=O) groups is 1. The van der Waals surface area contributed by atoms with Crippen molar-refractivity contribution in [2.45, 2.75) is 13.5 Å². The SMILES string of the molecule is COc1ccccc1CN(OC(C)=O)/C(N)=N/c1ncccn1. The Morgan fingerprint density at radius 1 is 1.26 bits per heavy atom. The lowest BCUT2D eigenvalue weighted by atomic mass is 10.2. The minimum Gasteiger partial charge on any atom is -0.496 e. The number of hydrogen-bond donors (Lipinski definition) is 1. The molecule has 0 aliphatic carbocycles. The summed E-state index contributed by atoms with van der Waals surface area (Å²) < 4.78 is 5.28. The van der Waals surface area contributed by atoms with Crippen molar-refractivity contribution in [1.82, 2.24) is 15.0 Å². The van der Waals surface area contributed by atoms with Crippen LogP contribution in [0, 0.1) is 0 Å². The number of methoxy groups -OCH3 is 1. The summed E-state index contributed by atoms with van der Waals surface area (Å²) >= 11 is 0. The van der Waals surface area contributed by atoms with Crippen LogP contribution >= 0.6 is 0 Å². The third-order valence-corrected chi connectivity index (χ3v) is 2.77. The maximum absolute atomic E-state index is 11.3. The van der Waals surface area contributed by atoms with Crippen molar-refractivity contribution in [3.8, 4) is 5.75 Å². The minimum absolute atomic E-state index is 0.0442. The van der Waals surface area contributed by atoms with Crippen LogP contribution < -0.4 is 10.5 Å². The van der Waals surface area contributed by atoms with E-state index in [1.807, 2.05) is 18.2 Å². The topological polar surface area (TPSA) is 103 Å². The van der Waals surface area contributed by atoms with E-state index < -0.39 is 5.97 Å². The van der Waals surface area contributed by atoms with Crippen molar-refractivity contribution in [3.05, 3.63) is 48.3 Å². The van der Waals surface area contributed by atoms with Gasteiger partial charge in [-0.2, -0.15) is 10.1 Å².